The van der Waals surface area contributed by atoms with Crippen molar-refractivity contribution in [1.82, 2.24) is 9.55 Å². The molecule has 0 radical (unpaired) electrons. The topological polar surface area (TPSA) is 104 Å². The molecule has 2 N–H and O–H groups in total. The molecule has 3 aromatic carbocycles. The smallest absolute Gasteiger partial charge is 0.277 e. The first-order valence-corrected chi connectivity index (χ1v) is 9.51. The molecule has 144 valence electrons. The van der Waals surface area contributed by atoms with Crippen LogP contribution in [0.15, 0.2) is 76.0 Å². The van der Waals surface area contributed by atoms with Gasteiger partial charge >= 0.3 is 0 Å². The molecule has 0 saturated carbocycles. The molecule has 29 heavy (non-hydrogen) atoms. The Hall–Kier alpha value is -3.52. The van der Waals surface area contributed by atoms with E-state index in [0.717, 1.165) is 10.0 Å². The second kappa shape index (κ2) is 7.48. The monoisotopic (exact) mass is 450 g/mol. The molecule has 1 aromatic heterocycles. The van der Waals surface area contributed by atoms with Crippen LogP contribution in [-0.4, -0.2) is 14.5 Å². The number of halogens is 1. The number of nitro benzene ring substituents is 1. The molecule has 4 aromatic rings. The largest absolute Gasteiger partial charge is 0.398 e. The summed E-state index contributed by atoms with van der Waals surface area (Å²) in [6.45, 7) is 0.330. The van der Waals surface area contributed by atoms with Gasteiger partial charge in [0.25, 0.3) is 11.2 Å². The minimum absolute atomic E-state index is 0.0852. The Labute approximate surface area is 173 Å². The summed E-state index contributed by atoms with van der Waals surface area (Å²) in [5.41, 5.74) is 8.33. The lowest BCUT2D eigenvalue weighted by molar-refractivity contribution is -0.384. The Balaban J connectivity index is 1.96. The Morgan fingerprint density at radius 3 is 2.52 bits per heavy atom. The number of nitrogens with zero attached hydrogens (tertiary/aromatic N) is 3. The van der Waals surface area contributed by atoms with E-state index >= 15 is 0 Å². The normalized spacial score (nSPS) is 10.9. The summed E-state index contributed by atoms with van der Waals surface area (Å²) in [5, 5.41) is 11.2. The Morgan fingerprint density at radius 2 is 1.79 bits per heavy atom. The van der Waals surface area contributed by atoms with Crippen LogP contribution < -0.4 is 11.3 Å². The third-order valence-corrected chi connectivity index (χ3v) is 5.14. The second-order valence-electron chi connectivity index (χ2n) is 6.50. The van der Waals surface area contributed by atoms with Crippen LogP contribution in [0.3, 0.4) is 0 Å². The van der Waals surface area contributed by atoms with Crippen LogP contribution in [0.4, 0.5) is 11.4 Å². The molecule has 0 aliphatic carbocycles. The van der Waals surface area contributed by atoms with Gasteiger partial charge in [0.2, 0.25) is 0 Å². The lowest BCUT2D eigenvalue weighted by Gasteiger charge is -2.13. The van der Waals surface area contributed by atoms with Crippen molar-refractivity contribution >= 4 is 38.3 Å². The van der Waals surface area contributed by atoms with E-state index in [-0.39, 0.29) is 28.2 Å². The molecule has 7 nitrogen and oxygen atoms in total. The first-order valence-electron chi connectivity index (χ1n) is 8.72. The first-order chi connectivity index (χ1) is 13.9. The van der Waals surface area contributed by atoms with Gasteiger partial charge in [-0.2, -0.15) is 0 Å². The maximum absolute atomic E-state index is 13.4. The summed E-state index contributed by atoms with van der Waals surface area (Å²) in [5.74, 6) is 0. The number of nitrogens with two attached hydrogens (primary N) is 1. The van der Waals surface area contributed by atoms with Crippen LogP contribution in [-0.2, 0) is 6.54 Å². The average molecular weight is 451 g/mol. The van der Waals surface area contributed by atoms with Crippen LogP contribution in [0.1, 0.15) is 5.56 Å². The Kier molecular flexibility index (Phi) is 4.85. The van der Waals surface area contributed by atoms with Crippen molar-refractivity contribution in [3.63, 3.8) is 0 Å². The number of fused-ring (bicyclic) bond motifs is 1. The van der Waals surface area contributed by atoms with Crippen molar-refractivity contribution in [1.29, 1.82) is 0 Å². The number of aromatic nitrogens is 2. The second-order valence-corrected chi connectivity index (χ2v) is 7.41. The van der Waals surface area contributed by atoms with E-state index in [9.17, 15) is 14.9 Å². The van der Waals surface area contributed by atoms with Gasteiger partial charge in [0, 0.05) is 27.9 Å². The van der Waals surface area contributed by atoms with Gasteiger partial charge < -0.3 is 10.3 Å². The number of para-hydroxylation sites is 2. The molecule has 0 aliphatic heterocycles. The molecular weight excluding hydrogens is 436 g/mol. The summed E-state index contributed by atoms with van der Waals surface area (Å²) in [4.78, 5) is 28.5. The van der Waals surface area contributed by atoms with Crippen LogP contribution in [0, 0.1) is 10.1 Å². The van der Waals surface area contributed by atoms with E-state index in [1.807, 2.05) is 42.5 Å². The molecule has 8 heteroatoms. The fraction of sp³-hybridized carbons (Fsp3) is 0.0476. The minimum atomic E-state index is -0.523. The summed E-state index contributed by atoms with van der Waals surface area (Å²) < 4.78 is 2.55. The quantitative estimate of drug-likeness (QED) is 0.282. The SMILES string of the molecule is Nc1ccc([N+](=O)[O-])cc1-c1nc2ccccc2n(Cc2ccc(Br)cc2)c1=O. The van der Waals surface area contributed by atoms with Gasteiger partial charge in [-0.1, -0.05) is 40.2 Å². The van der Waals surface area contributed by atoms with Gasteiger partial charge in [0.15, 0.2) is 0 Å². The summed E-state index contributed by atoms with van der Waals surface area (Å²) in [7, 11) is 0. The fourth-order valence-corrected chi connectivity index (χ4v) is 3.42. The van der Waals surface area contributed by atoms with E-state index in [2.05, 4.69) is 20.9 Å². The number of nitrogen functional groups attached to an aromatic ring is 1. The van der Waals surface area contributed by atoms with Gasteiger partial charge in [0.05, 0.1) is 22.5 Å². The first kappa shape index (κ1) is 18.8. The zero-order valence-electron chi connectivity index (χ0n) is 15.1. The standard InChI is InChI=1S/C21H15BrN4O3/c22-14-7-5-13(6-8-14)12-25-19-4-2-1-3-18(19)24-20(21(25)27)16-11-15(26(28)29)9-10-17(16)23/h1-11H,12,23H2. The lowest BCUT2D eigenvalue weighted by atomic mass is 10.1. The predicted molar refractivity (Wildman–Crippen MR) is 116 cm³/mol. The molecule has 0 unspecified atom stereocenters. The number of hydrogen-bond acceptors (Lipinski definition) is 5. The van der Waals surface area contributed by atoms with Crippen LogP contribution in [0.5, 0.6) is 0 Å². The fourth-order valence-electron chi connectivity index (χ4n) is 3.16. The van der Waals surface area contributed by atoms with E-state index in [1.165, 1.54) is 18.2 Å². The molecule has 0 bridgehead atoms. The molecule has 0 atom stereocenters. The highest BCUT2D eigenvalue weighted by Crippen LogP contribution is 2.28. The van der Waals surface area contributed by atoms with Crippen molar-refractivity contribution in [2.24, 2.45) is 0 Å². The summed E-state index contributed by atoms with van der Waals surface area (Å²) in [6.07, 6.45) is 0. The van der Waals surface area contributed by atoms with Crippen LogP contribution in [0.2, 0.25) is 0 Å². The minimum Gasteiger partial charge on any atom is -0.398 e. The molecule has 0 aliphatic rings. The molecular formula is C21H15BrN4O3. The number of anilines is 1. The van der Waals surface area contributed by atoms with E-state index < -0.39 is 4.92 Å². The average Bonchev–Trinajstić information content (AvgIpc) is 2.71. The van der Waals surface area contributed by atoms with E-state index in [0.29, 0.717) is 17.6 Å². The molecule has 0 amide bonds. The van der Waals surface area contributed by atoms with Crippen molar-refractivity contribution in [2.45, 2.75) is 6.54 Å². The Morgan fingerprint density at radius 1 is 1.07 bits per heavy atom. The zero-order chi connectivity index (χ0) is 20.5. The van der Waals surface area contributed by atoms with E-state index in [4.69, 9.17) is 5.73 Å². The van der Waals surface area contributed by atoms with Gasteiger partial charge in [-0.05, 0) is 35.9 Å². The van der Waals surface area contributed by atoms with Gasteiger partial charge in [-0.3, -0.25) is 14.9 Å². The highest BCUT2D eigenvalue weighted by atomic mass is 79.9. The highest BCUT2D eigenvalue weighted by Gasteiger charge is 2.18. The van der Waals surface area contributed by atoms with Gasteiger partial charge in [-0.25, -0.2) is 4.98 Å². The maximum atomic E-state index is 13.4. The van der Waals surface area contributed by atoms with Crippen molar-refractivity contribution in [2.75, 3.05) is 5.73 Å². The number of benzene rings is 3. The van der Waals surface area contributed by atoms with Gasteiger partial charge in [-0.15, -0.1) is 0 Å². The number of non-ortho nitro benzene ring substituents is 1. The predicted octanol–water partition coefficient (Wildman–Crippen LogP) is 4.36. The highest BCUT2D eigenvalue weighted by molar-refractivity contribution is 9.10. The number of nitro groups is 1. The van der Waals surface area contributed by atoms with Crippen molar-refractivity contribution < 1.29 is 4.92 Å². The molecule has 4 rings (SSSR count). The molecule has 1 heterocycles. The molecule has 0 spiro atoms. The van der Waals surface area contributed by atoms with E-state index in [1.54, 1.807) is 10.6 Å². The van der Waals surface area contributed by atoms with Crippen LogP contribution >= 0.6 is 15.9 Å². The van der Waals surface area contributed by atoms with Crippen molar-refractivity contribution in [3.05, 3.63) is 97.2 Å². The maximum Gasteiger partial charge on any atom is 0.277 e. The molecule has 0 fully saturated rings. The third kappa shape index (κ3) is 3.62. The van der Waals surface area contributed by atoms with Crippen LogP contribution in [0.25, 0.3) is 22.3 Å². The molecule has 0 saturated heterocycles. The third-order valence-electron chi connectivity index (χ3n) is 4.61. The zero-order valence-corrected chi connectivity index (χ0v) is 16.7. The summed E-state index contributed by atoms with van der Waals surface area (Å²) in [6, 6.07) is 19.0. The van der Waals surface area contributed by atoms with Crippen molar-refractivity contribution in [3.8, 4) is 11.3 Å². The summed E-state index contributed by atoms with van der Waals surface area (Å²) >= 11 is 3.41. The van der Waals surface area contributed by atoms with Gasteiger partial charge in [0.1, 0.15) is 5.69 Å². The lowest BCUT2D eigenvalue weighted by Crippen LogP contribution is -2.24. The Bertz CT molecular complexity index is 1300. The number of rotatable bonds is 4. The number of hydrogen-bond donors (Lipinski definition) is 1.